The Balaban J connectivity index is 2.81. The van der Waals surface area contributed by atoms with Gasteiger partial charge in [0.1, 0.15) is 0 Å². The summed E-state index contributed by atoms with van der Waals surface area (Å²) < 4.78 is 36.4. The third kappa shape index (κ3) is 2.55. The molecule has 0 aliphatic heterocycles. The molecule has 0 unspecified atom stereocenters. The van der Waals surface area contributed by atoms with Gasteiger partial charge in [0, 0.05) is 11.4 Å². The van der Waals surface area contributed by atoms with Crippen LogP contribution in [0.25, 0.3) is 0 Å². The smallest absolute Gasteiger partial charge is 0.163 e. The zero-order valence-corrected chi connectivity index (χ0v) is 7.51. The minimum absolute atomic E-state index is 0.383. The number of anilines is 2. The lowest BCUT2D eigenvalue weighted by molar-refractivity contribution is 0.398. The van der Waals surface area contributed by atoms with Crippen molar-refractivity contribution in [3.8, 4) is 0 Å². The number of halogens is 3. The van der Waals surface area contributed by atoms with Gasteiger partial charge in [-0.25, -0.2) is 13.2 Å². The minimum Gasteiger partial charge on any atom is -0.358 e. The largest absolute Gasteiger partial charge is 0.358 e. The van der Waals surface area contributed by atoms with Crippen LogP contribution in [0.4, 0.5) is 24.5 Å². The lowest BCUT2D eigenvalue weighted by atomic mass is 10.2. The van der Waals surface area contributed by atoms with Crippen molar-refractivity contribution in [2.24, 2.45) is 0 Å². The minimum atomic E-state index is -0.907. The standard InChI is InChI=1S/C9H11F3N2/c10-5-13-8-2-1-3-9(4-8)14(6-11)7-12/h1-4,13H,5-7H2. The van der Waals surface area contributed by atoms with Crippen LogP contribution in [-0.4, -0.2) is 20.4 Å². The summed E-state index contributed by atoms with van der Waals surface area (Å²) in [4.78, 5) is 0.892. The van der Waals surface area contributed by atoms with Gasteiger partial charge in [0.15, 0.2) is 20.4 Å². The summed E-state index contributed by atoms with van der Waals surface area (Å²) in [6.07, 6.45) is 0. The van der Waals surface area contributed by atoms with Crippen LogP contribution >= 0.6 is 0 Å². The number of nitrogens with one attached hydrogen (secondary N) is 1. The van der Waals surface area contributed by atoms with Gasteiger partial charge < -0.3 is 10.2 Å². The van der Waals surface area contributed by atoms with Gasteiger partial charge in [0.25, 0.3) is 0 Å². The lowest BCUT2D eigenvalue weighted by Crippen LogP contribution is -2.20. The maximum Gasteiger partial charge on any atom is 0.163 e. The molecule has 1 N–H and O–H groups in total. The molecule has 0 aromatic heterocycles. The van der Waals surface area contributed by atoms with Gasteiger partial charge in [-0.1, -0.05) is 6.07 Å². The maximum absolute atomic E-state index is 12.3. The summed E-state index contributed by atoms with van der Waals surface area (Å²) in [5.74, 6) is 0. The number of hydrogen-bond donors (Lipinski definition) is 1. The van der Waals surface area contributed by atoms with Crippen LogP contribution in [0.1, 0.15) is 0 Å². The van der Waals surface area contributed by atoms with E-state index in [1.807, 2.05) is 0 Å². The van der Waals surface area contributed by atoms with E-state index in [0.717, 1.165) is 4.90 Å². The van der Waals surface area contributed by atoms with E-state index in [1.165, 1.54) is 6.07 Å². The Kier molecular flexibility index (Phi) is 4.10. The summed E-state index contributed by atoms with van der Waals surface area (Å²) in [7, 11) is 0. The third-order valence-corrected chi connectivity index (χ3v) is 1.77. The molecule has 1 aromatic carbocycles. The predicted molar refractivity (Wildman–Crippen MR) is 50.5 cm³/mol. The van der Waals surface area contributed by atoms with Gasteiger partial charge in [-0.15, -0.1) is 0 Å². The molecule has 0 fully saturated rings. The monoisotopic (exact) mass is 204 g/mol. The highest BCUT2D eigenvalue weighted by molar-refractivity contribution is 5.57. The fourth-order valence-electron chi connectivity index (χ4n) is 1.06. The Morgan fingerprint density at radius 2 is 1.86 bits per heavy atom. The average molecular weight is 204 g/mol. The fraction of sp³-hybridized carbons (Fsp3) is 0.333. The third-order valence-electron chi connectivity index (χ3n) is 1.77. The summed E-state index contributed by atoms with van der Waals surface area (Å²) in [6.45, 7) is -2.53. The van der Waals surface area contributed by atoms with Crippen LogP contribution in [0.3, 0.4) is 0 Å². The molecule has 0 aliphatic carbocycles. The van der Waals surface area contributed by atoms with Crippen molar-refractivity contribution >= 4 is 11.4 Å². The molecular weight excluding hydrogens is 193 g/mol. The normalized spacial score (nSPS) is 9.93. The average Bonchev–Trinajstić information content (AvgIpc) is 2.21. The number of rotatable bonds is 5. The topological polar surface area (TPSA) is 15.3 Å². The van der Waals surface area contributed by atoms with E-state index in [2.05, 4.69) is 5.32 Å². The van der Waals surface area contributed by atoms with Crippen LogP contribution in [0, 0.1) is 0 Å². The zero-order chi connectivity index (χ0) is 10.4. The Labute approximate surface area is 80.3 Å². The molecule has 0 spiro atoms. The first-order valence-electron chi connectivity index (χ1n) is 4.08. The Morgan fingerprint density at radius 3 is 2.43 bits per heavy atom. The fourth-order valence-corrected chi connectivity index (χ4v) is 1.06. The number of nitrogens with zero attached hydrogens (tertiary/aromatic N) is 1. The molecule has 78 valence electrons. The highest BCUT2D eigenvalue weighted by Crippen LogP contribution is 2.19. The molecule has 1 aromatic rings. The molecule has 0 saturated heterocycles. The van der Waals surface area contributed by atoms with Crippen LogP contribution in [-0.2, 0) is 0 Å². The first-order chi connectivity index (χ1) is 6.81. The summed E-state index contributed by atoms with van der Waals surface area (Å²) in [6, 6.07) is 6.27. The van der Waals surface area contributed by atoms with E-state index in [4.69, 9.17) is 0 Å². The highest BCUT2D eigenvalue weighted by Gasteiger charge is 2.04. The van der Waals surface area contributed by atoms with Gasteiger partial charge in [-0.05, 0) is 18.2 Å². The van der Waals surface area contributed by atoms with E-state index in [1.54, 1.807) is 18.2 Å². The van der Waals surface area contributed by atoms with Gasteiger partial charge in [0.05, 0.1) is 0 Å². The highest BCUT2D eigenvalue weighted by atomic mass is 19.1. The van der Waals surface area contributed by atoms with Crippen LogP contribution in [0.5, 0.6) is 0 Å². The molecule has 0 amide bonds. The van der Waals surface area contributed by atoms with Crippen molar-refractivity contribution in [2.45, 2.75) is 0 Å². The summed E-state index contributed by atoms with van der Waals surface area (Å²) in [5.41, 5.74) is 0.880. The second kappa shape index (κ2) is 5.36. The molecule has 0 heterocycles. The molecule has 5 heteroatoms. The number of benzene rings is 1. The first-order valence-corrected chi connectivity index (χ1v) is 4.08. The van der Waals surface area contributed by atoms with Gasteiger partial charge in [-0.2, -0.15) is 0 Å². The van der Waals surface area contributed by atoms with Crippen LogP contribution in [0.2, 0.25) is 0 Å². The lowest BCUT2D eigenvalue weighted by Gasteiger charge is -2.17. The predicted octanol–water partition coefficient (Wildman–Crippen LogP) is 2.69. The van der Waals surface area contributed by atoms with Crippen LogP contribution < -0.4 is 10.2 Å². The van der Waals surface area contributed by atoms with Gasteiger partial charge in [0.2, 0.25) is 0 Å². The molecule has 0 aliphatic rings. The van der Waals surface area contributed by atoms with Crippen molar-refractivity contribution in [2.75, 3.05) is 30.6 Å². The van der Waals surface area contributed by atoms with Gasteiger partial charge >= 0.3 is 0 Å². The van der Waals surface area contributed by atoms with E-state index in [0.29, 0.717) is 11.4 Å². The SMILES string of the molecule is FCNc1cccc(N(CF)CF)c1. The van der Waals surface area contributed by atoms with Crippen LogP contribution in [0.15, 0.2) is 24.3 Å². The second-order valence-electron chi connectivity index (χ2n) is 2.64. The molecule has 0 saturated carbocycles. The molecule has 0 bridgehead atoms. The van der Waals surface area contributed by atoms with Gasteiger partial charge in [-0.3, -0.25) is 0 Å². The first kappa shape index (κ1) is 10.7. The zero-order valence-electron chi connectivity index (χ0n) is 7.51. The molecule has 1 rings (SSSR count). The number of hydrogen-bond acceptors (Lipinski definition) is 2. The quantitative estimate of drug-likeness (QED) is 0.742. The summed E-state index contributed by atoms with van der Waals surface area (Å²) in [5, 5.41) is 2.41. The molecular formula is C9H11F3N2. The molecule has 0 atom stereocenters. The second-order valence-corrected chi connectivity index (χ2v) is 2.64. The Bertz CT molecular complexity index is 277. The van der Waals surface area contributed by atoms with Crippen molar-refractivity contribution in [1.82, 2.24) is 0 Å². The Morgan fingerprint density at radius 1 is 1.14 bits per heavy atom. The van der Waals surface area contributed by atoms with Crippen molar-refractivity contribution in [3.05, 3.63) is 24.3 Å². The summed E-state index contributed by atoms with van der Waals surface area (Å²) >= 11 is 0. The van der Waals surface area contributed by atoms with Crippen molar-refractivity contribution < 1.29 is 13.2 Å². The van der Waals surface area contributed by atoms with Crippen molar-refractivity contribution in [3.63, 3.8) is 0 Å². The van der Waals surface area contributed by atoms with E-state index in [9.17, 15) is 13.2 Å². The number of alkyl halides is 3. The molecule has 2 nitrogen and oxygen atoms in total. The molecule has 14 heavy (non-hydrogen) atoms. The Hall–Kier alpha value is -1.39. The van der Waals surface area contributed by atoms with Crippen molar-refractivity contribution in [1.29, 1.82) is 0 Å². The van der Waals surface area contributed by atoms with E-state index < -0.39 is 20.4 Å². The van der Waals surface area contributed by atoms with E-state index >= 15 is 0 Å². The maximum atomic E-state index is 12.3. The molecule has 0 radical (unpaired) electrons. The van der Waals surface area contributed by atoms with E-state index in [-0.39, 0.29) is 0 Å².